The zero-order chi connectivity index (χ0) is 10.8. The van der Waals surface area contributed by atoms with Gasteiger partial charge in [-0.1, -0.05) is 20.8 Å². The molecule has 1 aliphatic rings. The first-order valence-electron chi connectivity index (χ1n) is 5.49. The molecule has 0 bridgehead atoms. The summed E-state index contributed by atoms with van der Waals surface area (Å²) < 4.78 is 0. The molecule has 1 amide bonds. The number of nitrogens with one attached hydrogen (secondary N) is 1. The van der Waals surface area contributed by atoms with Gasteiger partial charge in [0.15, 0.2) is 0 Å². The number of nitrogens with two attached hydrogens (primary N) is 1. The molecular weight excluding hydrogens is 176 g/mol. The lowest BCUT2D eigenvalue weighted by Crippen LogP contribution is -2.38. The SMILES string of the molecule is CC(CN)C(=O)NCC1(C(C)C)CC1. The lowest BCUT2D eigenvalue weighted by Gasteiger charge is -2.21. The van der Waals surface area contributed by atoms with Crippen LogP contribution in [-0.4, -0.2) is 19.0 Å². The Labute approximate surface area is 86.4 Å². The van der Waals surface area contributed by atoms with Crippen molar-refractivity contribution in [1.82, 2.24) is 5.32 Å². The fourth-order valence-electron chi connectivity index (χ4n) is 1.66. The molecule has 1 fully saturated rings. The van der Waals surface area contributed by atoms with E-state index in [-0.39, 0.29) is 11.8 Å². The molecule has 3 nitrogen and oxygen atoms in total. The van der Waals surface area contributed by atoms with Gasteiger partial charge in [-0.3, -0.25) is 4.79 Å². The van der Waals surface area contributed by atoms with Crippen molar-refractivity contribution < 1.29 is 4.79 Å². The highest BCUT2D eigenvalue weighted by atomic mass is 16.1. The molecule has 3 heteroatoms. The average Bonchev–Trinajstić information content (AvgIpc) is 2.93. The number of hydrogen-bond acceptors (Lipinski definition) is 2. The number of carbonyl (C=O) groups excluding carboxylic acids is 1. The molecule has 1 aliphatic carbocycles. The Balaban J connectivity index is 2.30. The number of hydrogen-bond donors (Lipinski definition) is 2. The molecule has 14 heavy (non-hydrogen) atoms. The predicted octanol–water partition coefficient (Wildman–Crippen LogP) is 1.13. The molecule has 1 atom stereocenters. The van der Waals surface area contributed by atoms with Crippen molar-refractivity contribution in [3.8, 4) is 0 Å². The first-order chi connectivity index (χ1) is 6.52. The van der Waals surface area contributed by atoms with Crippen LogP contribution >= 0.6 is 0 Å². The van der Waals surface area contributed by atoms with Gasteiger partial charge < -0.3 is 11.1 Å². The Bertz CT molecular complexity index is 209. The third-order valence-electron chi connectivity index (χ3n) is 3.53. The monoisotopic (exact) mass is 198 g/mol. The van der Waals surface area contributed by atoms with E-state index in [4.69, 9.17) is 5.73 Å². The molecule has 0 radical (unpaired) electrons. The van der Waals surface area contributed by atoms with E-state index in [0.717, 1.165) is 6.54 Å². The van der Waals surface area contributed by atoms with Gasteiger partial charge in [-0.15, -0.1) is 0 Å². The van der Waals surface area contributed by atoms with Crippen LogP contribution in [0.4, 0.5) is 0 Å². The first-order valence-corrected chi connectivity index (χ1v) is 5.49. The molecule has 0 aromatic rings. The van der Waals surface area contributed by atoms with Crippen molar-refractivity contribution in [3.63, 3.8) is 0 Å². The van der Waals surface area contributed by atoms with Gasteiger partial charge in [0.1, 0.15) is 0 Å². The van der Waals surface area contributed by atoms with Crippen LogP contribution in [0.25, 0.3) is 0 Å². The second kappa shape index (κ2) is 4.30. The van der Waals surface area contributed by atoms with Gasteiger partial charge in [0.2, 0.25) is 5.91 Å². The van der Waals surface area contributed by atoms with E-state index in [2.05, 4.69) is 19.2 Å². The number of amides is 1. The van der Waals surface area contributed by atoms with Crippen molar-refractivity contribution >= 4 is 5.91 Å². The summed E-state index contributed by atoms with van der Waals surface area (Å²) in [5, 5.41) is 3.00. The topological polar surface area (TPSA) is 55.1 Å². The molecule has 0 aromatic carbocycles. The van der Waals surface area contributed by atoms with Gasteiger partial charge in [0.25, 0.3) is 0 Å². The van der Waals surface area contributed by atoms with E-state index in [1.807, 2.05) is 6.92 Å². The molecule has 3 N–H and O–H groups in total. The van der Waals surface area contributed by atoms with E-state index >= 15 is 0 Å². The van der Waals surface area contributed by atoms with Crippen LogP contribution in [-0.2, 0) is 4.79 Å². The smallest absolute Gasteiger partial charge is 0.224 e. The molecule has 82 valence electrons. The van der Waals surface area contributed by atoms with E-state index in [0.29, 0.717) is 17.9 Å². The molecule has 0 aromatic heterocycles. The fourth-order valence-corrected chi connectivity index (χ4v) is 1.66. The minimum absolute atomic E-state index is 0.0574. The number of carbonyl (C=O) groups is 1. The zero-order valence-corrected chi connectivity index (χ0v) is 9.47. The summed E-state index contributed by atoms with van der Waals surface area (Å²) >= 11 is 0. The van der Waals surface area contributed by atoms with E-state index in [9.17, 15) is 4.79 Å². The highest BCUT2D eigenvalue weighted by molar-refractivity contribution is 5.78. The van der Waals surface area contributed by atoms with Crippen LogP contribution in [0, 0.1) is 17.3 Å². The standard InChI is InChI=1S/C11H22N2O/c1-8(2)11(4-5-11)7-13-10(14)9(3)6-12/h8-9H,4-7,12H2,1-3H3,(H,13,14). The molecule has 1 unspecified atom stereocenters. The maximum absolute atomic E-state index is 11.5. The van der Waals surface area contributed by atoms with Crippen LogP contribution in [0.3, 0.4) is 0 Å². The van der Waals surface area contributed by atoms with Crippen LogP contribution in [0.2, 0.25) is 0 Å². The number of rotatable bonds is 5. The highest BCUT2D eigenvalue weighted by Crippen LogP contribution is 2.51. The zero-order valence-electron chi connectivity index (χ0n) is 9.47. The molecule has 0 heterocycles. The Kier molecular flexibility index (Phi) is 3.53. The van der Waals surface area contributed by atoms with Gasteiger partial charge in [0.05, 0.1) is 0 Å². The van der Waals surface area contributed by atoms with Crippen molar-refractivity contribution in [2.45, 2.75) is 33.6 Å². The Morgan fingerprint density at radius 2 is 2.00 bits per heavy atom. The van der Waals surface area contributed by atoms with E-state index in [1.54, 1.807) is 0 Å². The lowest BCUT2D eigenvalue weighted by molar-refractivity contribution is -0.124. The van der Waals surface area contributed by atoms with Crippen molar-refractivity contribution in [3.05, 3.63) is 0 Å². The molecule has 0 aliphatic heterocycles. The maximum Gasteiger partial charge on any atom is 0.224 e. The minimum Gasteiger partial charge on any atom is -0.355 e. The molecule has 1 saturated carbocycles. The van der Waals surface area contributed by atoms with Gasteiger partial charge in [-0.2, -0.15) is 0 Å². The van der Waals surface area contributed by atoms with Gasteiger partial charge in [0, 0.05) is 19.0 Å². The Morgan fingerprint density at radius 1 is 1.43 bits per heavy atom. The summed E-state index contributed by atoms with van der Waals surface area (Å²) in [6, 6.07) is 0. The van der Waals surface area contributed by atoms with Gasteiger partial charge in [-0.05, 0) is 24.2 Å². The van der Waals surface area contributed by atoms with E-state index in [1.165, 1.54) is 12.8 Å². The maximum atomic E-state index is 11.5. The normalized spacial score (nSPS) is 20.6. The van der Waals surface area contributed by atoms with E-state index < -0.39 is 0 Å². The molecule has 1 rings (SSSR count). The molecule has 0 saturated heterocycles. The lowest BCUT2D eigenvalue weighted by atomic mass is 9.92. The van der Waals surface area contributed by atoms with Crippen molar-refractivity contribution in [2.24, 2.45) is 23.0 Å². The highest BCUT2D eigenvalue weighted by Gasteiger charge is 2.45. The van der Waals surface area contributed by atoms with Crippen LogP contribution in [0.15, 0.2) is 0 Å². The summed E-state index contributed by atoms with van der Waals surface area (Å²) in [6.45, 7) is 7.58. The summed E-state index contributed by atoms with van der Waals surface area (Å²) in [5.41, 5.74) is 5.82. The minimum atomic E-state index is -0.0574. The predicted molar refractivity (Wildman–Crippen MR) is 57.7 cm³/mol. The third kappa shape index (κ3) is 2.47. The Morgan fingerprint density at radius 3 is 2.36 bits per heavy atom. The largest absolute Gasteiger partial charge is 0.355 e. The van der Waals surface area contributed by atoms with Crippen LogP contribution in [0.1, 0.15) is 33.6 Å². The Hall–Kier alpha value is -0.570. The summed E-state index contributed by atoms with van der Waals surface area (Å²) in [5.74, 6) is 0.702. The first kappa shape index (κ1) is 11.5. The second-order valence-electron chi connectivity index (χ2n) is 4.87. The van der Waals surface area contributed by atoms with Crippen molar-refractivity contribution in [2.75, 3.05) is 13.1 Å². The van der Waals surface area contributed by atoms with Crippen LogP contribution in [0.5, 0.6) is 0 Å². The fraction of sp³-hybridized carbons (Fsp3) is 0.909. The van der Waals surface area contributed by atoms with Gasteiger partial charge >= 0.3 is 0 Å². The third-order valence-corrected chi connectivity index (χ3v) is 3.53. The quantitative estimate of drug-likeness (QED) is 0.696. The van der Waals surface area contributed by atoms with Crippen LogP contribution < -0.4 is 11.1 Å². The van der Waals surface area contributed by atoms with Crippen molar-refractivity contribution in [1.29, 1.82) is 0 Å². The van der Waals surface area contributed by atoms with Gasteiger partial charge in [-0.25, -0.2) is 0 Å². The molecule has 0 spiro atoms. The second-order valence-corrected chi connectivity index (χ2v) is 4.87. The molecular formula is C11H22N2O. The summed E-state index contributed by atoms with van der Waals surface area (Å²) in [6.07, 6.45) is 2.50. The average molecular weight is 198 g/mol. The summed E-state index contributed by atoms with van der Waals surface area (Å²) in [4.78, 5) is 11.5. The summed E-state index contributed by atoms with van der Waals surface area (Å²) in [7, 11) is 0.